The molecule has 0 aromatic carbocycles. The van der Waals surface area contributed by atoms with Crippen LogP contribution in [0.4, 0.5) is 0 Å². The Morgan fingerprint density at radius 1 is 0.514 bits per heavy atom. The highest BCUT2D eigenvalue weighted by atomic mass is 16.5. The molecule has 0 saturated heterocycles. The molecule has 0 radical (unpaired) electrons. The van der Waals surface area contributed by atoms with Crippen LogP contribution >= 0.6 is 0 Å². The van der Waals surface area contributed by atoms with E-state index >= 15 is 0 Å². The SMILES string of the molecule is C=CCOC(=O)CCN(C)CCN(CCN(C)CCC(=O)OCC=C)CCN(C)CCC(=O)OCC=C. The molecule has 0 atom stereocenters. The predicted octanol–water partition coefficient (Wildman–Crippen LogP) is 1.44. The van der Waals surface area contributed by atoms with Crippen LogP contribution in [0.15, 0.2) is 38.0 Å². The van der Waals surface area contributed by atoms with Crippen LogP contribution in [0, 0.1) is 0 Å². The third-order valence-corrected chi connectivity index (χ3v) is 5.57. The van der Waals surface area contributed by atoms with Crippen molar-refractivity contribution in [2.75, 3.05) is 99.9 Å². The zero-order valence-corrected chi connectivity index (χ0v) is 23.2. The Hall–Kier alpha value is -2.53. The van der Waals surface area contributed by atoms with E-state index in [2.05, 4.69) is 39.3 Å². The van der Waals surface area contributed by atoms with Gasteiger partial charge >= 0.3 is 17.9 Å². The summed E-state index contributed by atoms with van der Waals surface area (Å²) in [6.07, 6.45) is 5.67. The molecule has 0 aliphatic carbocycles. The first-order valence-corrected chi connectivity index (χ1v) is 12.8. The summed E-state index contributed by atoms with van der Waals surface area (Å²) >= 11 is 0. The maximum absolute atomic E-state index is 11.7. The van der Waals surface area contributed by atoms with E-state index in [1.807, 2.05) is 21.1 Å². The number of ether oxygens (including phenoxy) is 3. The number of carbonyl (C=O) groups excluding carboxylic acids is 3. The highest BCUT2D eigenvalue weighted by molar-refractivity contribution is 5.70. The van der Waals surface area contributed by atoms with E-state index in [-0.39, 0.29) is 37.7 Å². The molecule has 0 amide bonds. The van der Waals surface area contributed by atoms with Crippen LogP contribution in [-0.2, 0) is 28.6 Å². The van der Waals surface area contributed by atoms with Gasteiger partial charge in [-0.3, -0.25) is 19.3 Å². The molecule has 0 aromatic rings. The summed E-state index contributed by atoms with van der Waals surface area (Å²) in [5.41, 5.74) is 0. The van der Waals surface area contributed by atoms with Gasteiger partial charge in [0.25, 0.3) is 0 Å². The van der Waals surface area contributed by atoms with Crippen molar-refractivity contribution in [1.82, 2.24) is 19.6 Å². The Kier molecular flexibility index (Phi) is 21.1. The Labute approximate surface area is 223 Å². The number of esters is 3. The quantitative estimate of drug-likeness (QED) is 0.105. The molecule has 212 valence electrons. The second kappa shape index (κ2) is 22.7. The summed E-state index contributed by atoms with van der Waals surface area (Å²) < 4.78 is 15.1. The summed E-state index contributed by atoms with van der Waals surface area (Å²) in [4.78, 5) is 43.9. The van der Waals surface area contributed by atoms with E-state index in [1.54, 1.807) is 18.2 Å². The first-order valence-electron chi connectivity index (χ1n) is 12.8. The van der Waals surface area contributed by atoms with E-state index in [4.69, 9.17) is 14.2 Å². The van der Waals surface area contributed by atoms with Crippen LogP contribution in [0.2, 0.25) is 0 Å². The largest absolute Gasteiger partial charge is 0.461 e. The van der Waals surface area contributed by atoms with Crippen molar-refractivity contribution >= 4 is 17.9 Å². The van der Waals surface area contributed by atoms with E-state index in [1.165, 1.54) is 0 Å². The van der Waals surface area contributed by atoms with Gasteiger partial charge < -0.3 is 28.9 Å². The second-order valence-electron chi connectivity index (χ2n) is 8.92. The van der Waals surface area contributed by atoms with E-state index in [0.717, 1.165) is 39.3 Å². The van der Waals surface area contributed by atoms with Gasteiger partial charge in [0.2, 0.25) is 0 Å². The van der Waals surface area contributed by atoms with Gasteiger partial charge in [0, 0.05) is 58.9 Å². The van der Waals surface area contributed by atoms with Crippen LogP contribution in [0.1, 0.15) is 19.3 Å². The zero-order valence-electron chi connectivity index (χ0n) is 23.2. The molecule has 10 nitrogen and oxygen atoms in total. The van der Waals surface area contributed by atoms with E-state index in [9.17, 15) is 14.4 Å². The minimum atomic E-state index is -0.231. The first kappa shape index (κ1) is 34.5. The Balaban J connectivity index is 4.64. The van der Waals surface area contributed by atoms with Crippen molar-refractivity contribution < 1.29 is 28.6 Å². The molecule has 0 N–H and O–H groups in total. The average Bonchev–Trinajstić information content (AvgIpc) is 2.89. The van der Waals surface area contributed by atoms with Crippen LogP contribution in [-0.4, -0.2) is 137 Å². The fourth-order valence-corrected chi connectivity index (χ4v) is 3.13. The predicted molar refractivity (Wildman–Crippen MR) is 146 cm³/mol. The molecule has 0 aromatic heterocycles. The minimum Gasteiger partial charge on any atom is -0.461 e. The molecule has 0 heterocycles. The lowest BCUT2D eigenvalue weighted by atomic mass is 10.3. The van der Waals surface area contributed by atoms with Gasteiger partial charge in [-0.25, -0.2) is 0 Å². The average molecular weight is 525 g/mol. The maximum atomic E-state index is 11.7. The van der Waals surface area contributed by atoms with Crippen LogP contribution in [0.3, 0.4) is 0 Å². The molecular weight excluding hydrogens is 476 g/mol. The van der Waals surface area contributed by atoms with Gasteiger partial charge in [-0.1, -0.05) is 38.0 Å². The normalized spacial score (nSPS) is 11.1. The fourth-order valence-electron chi connectivity index (χ4n) is 3.13. The molecule has 0 fully saturated rings. The van der Waals surface area contributed by atoms with E-state index in [0.29, 0.717) is 38.9 Å². The van der Waals surface area contributed by atoms with Crippen LogP contribution < -0.4 is 0 Å². The standard InChI is InChI=1S/C27H48N4O6/c1-7-22-35-25(32)10-13-28(4)16-19-31(20-17-29(5)14-11-26(33)36-23-8-2)21-18-30(6)15-12-27(34)37-24-9-3/h7-9H,1-3,10-24H2,4-6H3. The topological polar surface area (TPSA) is 91.9 Å². The van der Waals surface area contributed by atoms with Crippen molar-refractivity contribution in [2.45, 2.75) is 19.3 Å². The van der Waals surface area contributed by atoms with Gasteiger partial charge in [-0.2, -0.15) is 0 Å². The smallest absolute Gasteiger partial charge is 0.307 e. The summed E-state index contributed by atoms with van der Waals surface area (Å²) in [7, 11) is 5.96. The Morgan fingerprint density at radius 2 is 0.784 bits per heavy atom. The number of rotatable bonds is 24. The Morgan fingerprint density at radius 3 is 1.03 bits per heavy atom. The molecule has 0 spiro atoms. The minimum absolute atomic E-state index is 0.231. The second-order valence-corrected chi connectivity index (χ2v) is 8.92. The molecule has 37 heavy (non-hydrogen) atoms. The van der Waals surface area contributed by atoms with Crippen molar-refractivity contribution in [3.8, 4) is 0 Å². The Bertz CT molecular complexity index is 597. The molecule has 0 aliphatic heterocycles. The van der Waals surface area contributed by atoms with Crippen LogP contribution in [0.5, 0.6) is 0 Å². The summed E-state index contributed by atoms with van der Waals surface area (Å²) in [5, 5.41) is 0. The molecule has 0 aliphatic rings. The number of hydrogen-bond acceptors (Lipinski definition) is 10. The van der Waals surface area contributed by atoms with Gasteiger partial charge in [0.05, 0.1) is 19.3 Å². The molecule has 0 bridgehead atoms. The van der Waals surface area contributed by atoms with Gasteiger partial charge in [-0.05, 0) is 21.1 Å². The number of carbonyl (C=O) groups is 3. The van der Waals surface area contributed by atoms with Gasteiger partial charge in [0.1, 0.15) is 19.8 Å². The number of hydrogen-bond donors (Lipinski definition) is 0. The summed E-state index contributed by atoms with van der Waals surface area (Å²) in [6, 6.07) is 0. The lowest BCUT2D eigenvalue weighted by Gasteiger charge is -2.29. The third kappa shape index (κ3) is 21.3. The van der Waals surface area contributed by atoms with Crippen molar-refractivity contribution in [2.24, 2.45) is 0 Å². The van der Waals surface area contributed by atoms with E-state index < -0.39 is 0 Å². The van der Waals surface area contributed by atoms with Gasteiger partial charge in [-0.15, -0.1) is 0 Å². The number of nitrogens with zero attached hydrogens (tertiary/aromatic N) is 4. The molecular formula is C27H48N4O6. The molecule has 0 unspecified atom stereocenters. The monoisotopic (exact) mass is 524 g/mol. The van der Waals surface area contributed by atoms with Crippen molar-refractivity contribution in [3.05, 3.63) is 38.0 Å². The third-order valence-electron chi connectivity index (χ3n) is 5.57. The maximum Gasteiger partial charge on any atom is 0.307 e. The van der Waals surface area contributed by atoms with Gasteiger partial charge in [0.15, 0.2) is 0 Å². The summed E-state index contributed by atoms with van der Waals surface area (Å²) in [5.74, 6) is -0.694. The highest BCUT2D eigenvalue weighted by Gasteiger charge is 2.13. The lowest BCUT2D eigenvalue weighted by Crippen LogP contribution is -2.42. The lowest BCUT2D eigenvalue weighted by molar-refractivity contribution is -0.143. The van der Waals surface area contributed by atoms with Crippen LogP contribution in [0.25, 0.3) is 0 Å². The molecule has 10 heteroatoms. The molecule has 0 rings (SSSR count). The highest BCUT2D eigenvalue weighted by Crippen LogP contribution is 1.99. The number of likely N-dealkylation sites (N-methyl/N-ethyl adjacent to an activating group) is 3. The fraction of sp³-hybridized carbons (Fsp3) is 0.667. The van der Waals surface area contributed by atoms with Crippen molar-refractivity contribution in [1.29, 1.82) is 0 Å². The zero-order chi connectivity index (χ0) is 27.9. The van der Waals surface area contributed by atoms with Crippen molar-refractivity contribution in [3.63, 3.8) is 0 Å². The first-order chi connectivity index (χ1) is 17.7. The molecule has 0 saturated carbocycles. The summed E-state index contributed by atoms with van der Waals surface area (Å²) in [6.45, 7) is 18.0.